The van der Waals surface area contributed by atoms with E-state index in [-0.39, 0.29) is 29.7 Å². The van der Waals surface area contributed by atoms with Gasteiger partial charge in [0.2, 0.25) is 17.6 Å². The predicted octanol–water partition coefficient (Wildman–Crippen LogP) is 4.82. The summed E-state index contributed by atoms with van der Waals surface area (Å²) in [5, 5.41) is 4.44. The van der Waals surface area contributed by atoms with Gasteiger partial charge in [-0.2, -0.15) is 18.2 Å². The number of quaternary nitrogens is 1. The smallest absolute Gasteiger partial charge is 0.412 e. The van der Waals surface area contributed by atoms with Gasteiger partial charge in [0.1, 0.15) is 11.4 Å². The molecule has 1 aliphatic carbocycles. The number of methoxy groups -OCH3 is 1. The maximum atomic E-state index is 14.9. The first-order chi connectivity index (χ1) is 16.9. The highest BCUT2D eigenvalue weighted by Gasteiger charge is 2.59. The molecule has 7 nitrogen and oxygen atoms in total. The largest absolute Gasteiger partial charge is 0.479 e. The summed E-state index contributed by atoms with van der Waals surface area (Å²) in [5.41, 5.74) is 0.837. The molecular weight excluding hydrogens is 483 g/mol. The van der Waals surface area contributed by atoms with E-state index in [1.54, 1.807) is 35.3 Å². The molecule has 3 unspecified atom stereocenters. The number of rotatable bonds is 4. The van der Waals surface area contributed by atoms with Crippen molar-refractivity contribution in [3.8, 4) is 11.6 Å². The minimum atomic E-state index is -4.63. The van der Waals surface area contributed by atoms with Crippen LogP contribution in [0.4, 0.5) is 22.0 Å². The number of alkyl halides is 5. The number of piperidine rings is 1. The average Bonchev–Trinajstić information content (AvgIpc) is 3.39. The number of amidine groups is 2. The molecule has 3 atom stereocenters. The summed E-state index contributed by atoms with van der Waals surface area (Å²) in [4.78, 5) is 13.2. The highest BCUT2D eigenvalue weighted by Crippen LogP contribution is 2.48. The van der Waals surface area contributed by atoms with Gasteiger partial charge in [0.25, 0.3) is 5.92 Å². The fourth-order valence-electron chi connectivity index (χ4n) is 5.20. The summed E-state index contributed by atoms with van der Waals surface area (Å²) >= 11 is 0. The number of allylic oxidation sites excluding steroid dienone is 4. The molecule has 4 heterocycles. The molecule has 0 aromatic carbocycles. The van der Waals surface area contributed by atoms with Gasteiger partial charge in [0.05, 0.1) is 32.1 Å². The van der Waals surface area contributed by atoms with Crippen LogP contribution in [0.15, 0.2) is 58.6 Å². The predicted molar refractivity (Wildman–Crippen MR) is 122 cm³/mol. The molecule has 1 fully saturated rings. The third kappa shape index (κ3) is 4.23. The number of halogens is 5. The number of aliphatic imine (C=N–C) groups is 1. The summed E-state index contributed by atoms with van der Waals surface area (Å²) in [6.45, 7) is 1.14. The fourth-order valence-corrected chi connectivity index (χ4v) is 5.20. The third-order valence-corrected chi connectivity index (χ3v) is 6.69. The molecule has 0 spiro atoms. The Kier molecular flexibility index (Phi) is 5.62. The topological polar surface area (TPSA) is 64.7 Å². The first-order valence-corrected chi connectivity index (χ1v) is 11.3. The van der Waals surface area contributed by atoms with Gasteiger partial charge in [0, 0.05) is 24.1 Å². The van der Waals surface area contributed by atoms with Crippen LogP contribution < -0.4 is 4.74 Å². The monoisotopic (exact) mass is 507 g/mol. The third-order valence-electron chi connectivity index (χ3n) is 6.69. The molecular formula is C24H24F5N6O+. The molecule has 0 saturated carbocycles. The number of hydrogen-bond acceptors (Lipinski definition) is 5. The lowest BCUT2D eigenvalue weighted by atomic mass is 9.75. The number of imidazole rings is 1. The molecule has 36 heavy (non-hydrogen) atoms. The lowest BCUT2D eigenvalue weighted by Crippen LogP contribution is -2.59. The first-order valence-electron chi connectivity index (χ1n) is 11.3. The van der Waals surface area contributed by atoms with E-state index < -0.39 is 47.1 Å². The molecule has 12 heteroatoms. The van der Waals surface area contributed by atoms with Crippen LogP contribution >= 0.6 is 0 Å². The van der Waals surface area contributed by atoms with E-state index in [2.05, 4.69) is 20.1 Å². The zero-order valence-corrected chi connectivity index (χ0v) is 19.8. The summed E-state index contributed by atoms with van der Waals surface area (Å²) in [6.07, 6.45) is 1.86. The molecule has 3 aliphatic rings. The van der Waals surface area contributed by atoms with Crippen LogP contribution in [0.25, 0.3) is 5.69 Å². The molecule has 2 aromatic rings. The quantitative estimate of drug-likeness (QED) is 0.440. The lowest BCUT2D eigenvalue weighted by Gasteiger charge is -2.41. The van der Waals surface area contributed by atoms with Crippen molar-refractivity contribution < 1.29 is 31.3 Å². The maximum Gasteiger partial charge on any atom is 0.412 e. The Bertz CT molecular complexity index is 1320. The normalized spacial score (nSPS) is 27.3. The molecule has 5 rings (SSSR count). The van der Waals surface area contributed by atoms with Crippen molar-refractivity contribution in [2.75, 3.05) is 20.7 Å². The first kappa shape index (κ1) is 24.3. The van der Waals surface area contributed by atoms with E-state index in [1.165, 1.54) is 20.2 Å². The molecule has 0 bridgehead atoms. The van der Waals surface area contributed by atoms with Crippen molar-refractivity contribution >= 4 is 11.7 Å². The Morgan fingerprint density at radius 1 is 1.19 bits per heavy atom. The van der Waals surface area contributed by atoms with E-state index in [0.717, 1.165) is 11.8 Å². The van der Waals surface area contributed by atoms with Crippen LogP contribution in [0.1, 0.15) is 24.2 Å². The van der Waals surface area contributed by atoms with Crippen LogP contribution in [0.2, 0.25) is 0 Å². The number of nitrogens with zero attached hydrogens (tertiary/aromatic N) is 6. The Labute approximate surface area is 203 Å². The molecule has 190 valence electrons. The molecule has 2 aromatic heterocycles. The van der Waals surface area contributed by atoms with E-state index in [1.807, 2.05) is 6.92 Å². The van der Waals surface area contributed by atoms with Crippen LogP contribution in [-0.2, 0) is 0 Å². The highest BCUT2D eigenvalue weighted by molar-refractivity contribution is 6.07. The molecule has 0 amide bonds. The summed E-state index contributed by atoms with van der Waals surface area (Å²) < 4.78 is 77.7. The van der Waals surface area contributed by atoms with Gasteiger partial charge in [0.15, 0.2) is 6.54 Å². The summed E-state index contributed by atoms with van der Waals surface area (Å²) in [7, 11) is 2.89. The van der Waals surface area contributed by atoms with E-state index in [0.29, 0.717) is 5.69 Å². The Balaban J connectivity index is 1.55. The second-order valence-corrected chi connectivity index (χ2v) is 9.39. The van der Waals surface area contributed by atoms with Crippen molar-refractivity contribution in [3.05, 3.63) is 59.8 Å². The number of ether oxygens (including phenoxy) is 1. The number of aryl methyl sites for hydroxylation is 1. The average molecular weight is 507 g/mol. The maximum absolute atomic E-state index is 14.9. The number of fused-ring (bicyclic) bond motifs is 1. The lowest BCUT2D eigenvalue weighted by molar-refractivity contribution is -0.842. The van der Waals surface area contributed by atoms with Crippen molar-refractivity contribution in [2.24, 2.45) is 21.9 Å². The molecule has 1 saturated heterocycles. The molecule has 2 aliphatic heterocycles. The fraction of sp³-hybridized carbons (Fsp3) is 0.417. The van der Waals surface area contributed by atoms with Gasteiger partial charge in [-0.3, -0.25) is 0 Å². The zero-order chi connectivity index (χ0) is 25.9. The van der Waals surface area contributed by atoms with Crippen LogP contribution in [0.5, 0.6) is 5.88 Å². The van der Waals surface area contributed by atoms with Gasteiger partial charge < -0.3 is 9.30 Å². The van der Waals surface area contributed by atoms with Gasteiger partial charge in [-0.05, 0) is 25.5 Å². The van der Waals surface area contributed by atoms with Crippen molar-refractivity contribution in [1.29, 1.82) is 0 Å². The zero-order valence-electron chi connectivity index (χ0n) is 19.8. The van der Waals surface area contributed by atoms with Crippen molar-refractivity contribution in [3.63, 3.8) is 0 Å². The van der Waals surface area contributed by atoms with E-state index in [9.17, 15) is 22.0 Å². The minimum Gasteiger partial charge on any atom is -0.479 e. The number of pyridine rings is 1. The Morgan fingerprint density at radius 2 is 1.97 bits per heavy atom. The second kappa shape index (κ2) is 8.32. The van der Waals surface area contributed by atoms with Crippen molar-refractivity contribution in [1.82, 2.24) is 14.5 Å². The minimum absolute atomic E-state index is 0.00840. The highest BCUT2D eigenvalue weighted by atomic mass is 19.4. The number of aromatic nitrogens is 3. The SMILES string of the molecule is COc1nc(C2=N[N+]3(C)CC(F)(F)CC(C4CC=CC=C4C(F)(F)F)C3=N2)ccc1-n1cnc(C)c1. The van der Waals surface area contributed by atoms with Crippen LogP contribution in [-0.4, -0.2) is 63.6 Å². The Morgan fingerprint density at radius 3 is 2.64 bits per heavy atom. The van der Waals surface area contributed by atoms with Gasteiger partial charge in [-0.15, -0.1) is 4.59 Å². The van der Waals surface area contributed by atoms with Gasteiger partial charge in [-0.1, -0.05) is 23.3 Å². The van der Waals surface area contributed by atoms with E-state index >= 15 is 0 Å². The Hall–Kier alpha value is -3.41. The molecule has 0 N–H and O–H groups in total. The standard InChI is InChI=1S/C24H24F5N6O/c1-14-11-34(13-30-14)19-9-8-18(31-22(19)36-3)20-32-21-16(10-23(25,26)12-35(21,2)33-20)15-6-4-5-7-17(15)24(27,28)29/h4-5,7-9,11,13,15-16H,6,10,12H2,1-3H3/q+1. The van der Waals surface area contributed by atoms with Crippen LogP contribution in [0, 0.1) is 18.8 Å². The van der Waals surface area contributed by atoms with Gasteiger partial charge in [-0.25, -0.2) is 18.7 Å². The van der Waals surface area contributed by atoms with E-state index in [4.69, 9.17) is 4.74 Å². The number of hydrogen-bond donors (Lipinski definition) is 0. The van der Waals surface area contributed by atoms with Crippen LogP contribution in [0.3, 0.4) is 0 Å². The van der Waals surface area contributed by atoms with Gasteiger partial charge >= 0.3 is 6.18 Å². The summed E-state index contributed by atoms with van der Waals surface area (Å²) in [6, 6.07) is 3.34. The molecule has 0 radical (unpaired) electrons. The van der Waals surface area contributed by atoms with Crippen molar-refractivity contribution in [2.45, 2.75) is 31.9 Å². The second-order valence-electron chi connectivity index (χ2n) is 9.39. The summed E-state index contributed by atoms with van der Waals surface area (Å²) in [5.74, 6) is -5.05.